The van der Waals surface area contributed by atoms with Gasteiger partial charge in [0, 0.05) is 38.1 Å². The highest BCUT2D eigenvalue weighted by atomic mass is 16.5. The van der Waals surface area contributed by atoms with Crippen molar-refractivity contribution < 1.29 is 4.74 Å². The molecule has 90 valence electrons. The molecule has 1 unspecified atom stereocenters. The third-order valence-corrected chi connectivity index (χ3v) is 2.91. The van der Waals surface area contributed by atoms with E-state index in [0.717, 1.165) is 45.0 Å². The van der Waals surface area contributed by atoms with Crippen LogP contribution in [0.2, 0.25) is 0 Å². The lowest BCUT2D eigenvalue weighted by Crippen LogP contribution is -2.46. The van der Waals surface area contributed by atoms with Crippen molar-refractivity contribution in [3.8, 4) is 0 Å². The first kappa shape index (κ1) is 11.6. The molecule has 2 rings (SSSR count). The Morgan fingerprint density at radius 2 is 2.62 bits per heavy atom. The number of hydrogen-bond donors (Lipinski definition) is 2. The maximum absolute atomic E-state index is 5.70. The number of morpholine rings is 1. The Labute approximate surface area is 96.2 Å². The van der Waals surface area contributed by atoms with Gasteiger partial charge < -0.3 is 15.0 Å². The minimum Gasteiger partial charge on any atom is -0.374 e. The average molecular weight is 224 g/mol. The van der Waals surface area contributed by atoms with E-state index in [1.165, 1.54) is 0 Å². The van der Waals surface area contributed by atoms with Crippen LogP contribution in [-0.2, 0) is 11.3 Å². The van der Waals surface area contributed by atoms with Crippen LogP contribution in [0.3, 0.4) is 0 Å². The first-order valence-electron chi connectivity index (χ1n) is 5.90. The van der Waals surface area contributed by atoms with E-state index in [4.69, 9.17) is 4.74 Å². The van der Waals surface area contributed by atoms with Crippen LogP contribution < -0.4 is 5.32 Å². The van der Waals surface area contributed by atoms with Crippen LogP contribution in [-0.4, -0.2) is 53.8 Å². The third kappa shape index (κ3) is 3.30. The zero-order valence-corrected chi connectivity index (χ0v) is 9.78. The Balaban J connectivity index is 1.65. The van der Waals surface area contributed by atoms with Crippen LogP contribution in [0.15, 0.2) is 12.5 Å². The number of aromatic nitrogens is 2. The van der Waals surface area contributed by atoms with E-state index in [2.05, 4.69) is 27.1 Å². The van der Waals surface area contributed by atoms with E-state index >= 15 is 0 Å². The summed E-state index contributed by atoms with van der Waals surface area (Å²) in [6, 6.07) is 0. The Bertz CT molecular complexity index is 288. The quantitative estimate of drug-likeness (QED) is 0.751. The summed E-state index contributed by atoms with van der Waals surface area (Å²) >= 11 is 0. The van der Waals surface area contributed by atoms with Crippen LogP contribution in [0, 0.1) is 0 Å². The van der Waals surface area contributed by atoms with Gasteiger partial charge in [-0.1, -0.05) is 6.92 Å². The van der Waals surface area contributed by atoms with Crippen molar-refractivity contribution in [2.45, 2.75) is 19.6 Å². The van der Waals surface area contributed by atoms with Crippen molar-refractivity contribution in [2.75, 3.05) is 32.8 Å². The van der Waals surface area contributed by atoms with Crippen molar-refractivity contribution in [2.24, 2.45) is 0 Å². The molecule has 1 fully saturated rings. The molecule has 0 aliphatic carbocycles. The number of rotatable bonds is 5. The maximum Gasteiger partial charge on any atom is 0.0922 e. The number of nitrogens with zero attached hydrogens (tertiary/aromatic N) is 2. The van der Waals surface area contributed by atoms with Gasteiger partial charge in [-0.3, -0.25) is 4.90 Å². The van der Waals surface area contributed by atoms with Gasteiger partial charge in [-0.15, -0.1) is 0 Å². The highest BCUT2D eigenvalue weighted by molar-refractivity contribution is 4.93. The Kier molecular flexibility index (Phi) is 4.33. The lowest BCUT2D eigenvalue weighted by molar-refractivity contribution is -0.0254. The van der Waals surface area contributed by atoms with Crippen LogP contribution in [0.4, 0.5) is 0 Å². The predicted octanol–water partition coefficient (Wildman–Crippen LogP) is 0.220. The fourth-order valence-electron chi connectivity index (χ4n) is 1.94. The van der Waals surface area contributed by atoms with E-state index in [9.17, 15) is 0 Å². The van der Waals surface area contributed by atoms with Crippen molar-refractivity contribution in [3.63, 3.8) is 0 Å². The first-order valence-corrected chi connectivity index (χ1v) is 5.90. The maximum atomic E-state index is 5.70. The molecule has 1 atom stereocenters. The molecule has 1 aromatic rings. The van der Waals surface area contributed by atoms with Gasteiger partial charge in [0.15, 0.2) is 0 Å². The molecule has 16 heavy (non-hydrogen) atoms. The molecule has 0 spiro atoms. The molecule has 0 aromatic carbocycles. The monoisotopic (exact) mass is 224 g/mol. The van der Waals surface area contributed by atoms with E-state index in [-0.39, 0.29) is 0 Å². The zero-order valence-electron chi connectivity index (χ0n) is 9.78. The normalized spacial score (nSPS) is 22.4. The first-order chi connectivity index (χ1) is 7.88. The largest absolute Gasteiger partial charge is 0.374 e. The number of hydrogen-bond acceptors (Lipinski definition) is 4. The lowest BCUT2D eigenvalue weighted by Gasteiger charge is -2.32. The van der Waals surface area contributed by atoms with Gasteiger partial charge in [0.2, 0.25) is 0 Å². The van der Waals surface area contributed by atoms with Gasteiger partial charge in [0.05, 0.1) is 19.0 Å². The molecule has 0 saturated carbocycles. The average Bonchev–Trinajstić information content (AvgIpc) is 2.82. The number of H-pyrrole nitrogens is 1. The molecular formula is C11H20N4O. The summed E-state index contributed by atoms with van der Waals surface area (Å²) in [5, 5.41) is 3.38. The highest BCUT2D eigenvalue weighted by Gasteiger charge is 2.18. The minimum atomic E-state index is 0.316. The topological polar surface area (TPSA) is 53.2 Å². The van der Waals surface area contributed by atoms with Crippen molar-refractivity contribution in [3.05, 3.63) is 18.2 Å². The summed E-state index contributed by atoms with van der Waals surface area (Å²) in [5.41, 5.74) is 1.11. The fraction of sp³-hybridized carbons (Fsp3) is 0.727. The molecule has 0 amide bonds. The van der Waals surface area contributed by atoms with Crippen molar-refractivity contribution in [1.29, 1.82) is 0 Å². The van der Waals surface area contributed by atoms with Gasteiger partial charge in [0.1, 0.15) is 0 Å². The van der Waals surface area contributed by atoms with Crippen molar-refractivity contribution in [1.82, 2.24) is 20.2 Å². The predicted molar refractivity (Wildman–Crippen MR) is 62.1 cm³/mol. The molecule has 5 heteroatoms. The molecule has 1 aliphatic rings. The SMILES string of the molecule is CCN1CCOC(CNCc2cnc[nH]2)C1. The van der Waals surface area contributed by atoms with E-state index in [1.807, 2.05) is 6.20 Å². The van der Waals surface area contributed by atoms with Crippen LogP contribution in [0.25, 0.3) is 0 Å². The molecule has 0 radical (unpaired) electrons. The lowest BCUT2D eigenvalue weighted by atomic mass is 10.2. The van der Waals surface area contributed by atoms with Gasteiger partial charge in [0.25, 0.3) is 0 Å². The van der Waals surface area contributed by atoms with E-state index < -0.39 is 0 Å². The fourth-order valence-corrected chi connectivity index (χ4v) is 1.94. The summed E-state index contributed by atoms with van der Waals surface area (Å²) in [6.07, 6.45) is 3.86. The van der Waals surface area contributed by atoms with Crippen LogP contribution in [0.1, 0.15) is 12.6 Å². The number of ether oxygens (including phenoxy) is 1. The second-order valence-electron chi connectivity index (χ2n) is 4.09. The number of aromatic amines is 1. The van der Waals surface area contributed by atoms with Gasteiger partial charge in [-0.2, -0.15) is 0 Å². The molecule has 2 N–H and O–H groups in total. The highest BCUT2D eigenvalue weighted by Crippen LogP contribution is 2.03. The molecule has 1 saturated heterocycles. The second-order valence-corrected chi connectivity index (χ2v) is 4.09. The third-order valence-electron chi connectivity index (χ3n) is 2.91. The minimum absolute atomic E-state index is 0.316. The van der Waals surface area contributed by atoms with Crippen LogP contribution >= 0.6 is 0 Å². The Morgan fingerprint density at radius 3 is 3.38 bits per heavy atom. The van der Waals surface area contributed by atoms with E-state index in [0.29, 0.717) is 6.10 Å². The summed E-state index contributed by atoms with van der Waals surface area (Å²) in [4.78, 5) is 9.47. The summed E-state index contributed by atoms with van der Waals surface area (Å²) in [5.74, 6) is 0. The zero-order chi connectivity index (χ0) is 11.2. The van der Waals surface area contributed by atoms with Gasteiger partial charge >= 0.3 is 0 Å². The standard InChI is InChI=1S/C11H20N4O/c1-2-15-3-4-16-11(8-15)7-12-5-10-6-13-9-14-10/h6,9,11-12H,2-5,7-8H2,1H3,(H,13,14). The van der Waals surface area contributed by atoms with E-state index in [1.54, 1.807) is 6.33 Å². The second kappa shape index (κ2) is 5.98. The van der Waals surface area contributed by atoms with Crippen molar-refractivity contribution >= 4 is 0 Å². The Morgan fingerprint density at radius 1 is 1.69 bits per heavy atom. The smallest absolute Gasteiger partial charge is 0.0922 e. The molecule has 1 aromatic heterocycles. The molecular weight excluding hydrogens is 204 g/mol. The summed E-state index contributed by atoms with van der Waals surface area (Å²) in [7, 11) is 0. The summed E-state index contributed by atoms with van der Waals surface area (Å²) in [6.45, 7) is 7.98. The number of nitrogens with one attached hydrogen (secondary N) is 2. The molecule has 1 aliphatic heterocycles. The molecule has 0 bridgehead atoms. The molecule has 2 heterocycles. The molecule has 5 nitrogen and oxygen atoms in total. The summed E-state index contributed by atoms with van der Waals surface area (Å²) < 4.78 is 5.70. The Hall–Kier alpha value is -0.910. The van der Waals surface area contributed by atoms with Gasteiger partial charge in [-0.05, 0) is 6.54 Å². The van der Waals surface area contributed by atoms with Crippen LogP contribution in [0.5, 0.6) is 0 Å². The number of likely N-dealkylation sites (N-methyl/N-ethyl adjacent to an activating group) is 1. The number of imidazole rings is 1. The van der Waals surface area contributed by atoms with Gasteiger partial charge in [-0.25, -0.2) is 4.98 Å².